The van der Waals surface area contributed by atoms with Crippen molar-refractivity contribution in [1.29, 1.82) is 0 Å². The fraction of sp³-hybridized carbons (Fsp3) is 0.871. The number of hydrogen-bond acceptors (Lipinski definition) is 3. The Labute approximate surface area is 412 Å². The summed E-state index contributed by atoms with van der Waals surface area (Å²) in [7, 11) is 0. The molecule has 0 saturated carbocycles. The molecule has 66 heavy (non-hydrogen) atoms. The Bertz CT molecular complexity index is 1090. The van der Waals surface area contributed by atoms with E-state index >= 15 is 0 Å². The number of carboxylic acid groups (broad SMARTS) is 1. The molecule has 0 heterocycles. The minimum absolute atomic E-state index is 0.101. The van der Waals surface area contributed by atoms with Gasteiger partial charge in [-0.25, -0.2) is 0 Å². The standard InChI is InChI=1S/C62H114O4/c63-61(64)58-54-49-47-45-43-41-39-37-35-33-31-29-27-25-23-21-19-17-15-13-11-9-7-5-3-1-2-4-6-8-10-12-14-16-18-20-22-24-26-28-30-32-34-36-38-40-42-44-46-48-50-55-59-62(65)66-60-56-52-51-53-57-60/h51-53,56-57H,1-50,54-55,58-59H2,(H,63,64). The van der Waals surface area contributed by atoms with E-state index in [4.69, 9.17) is 9.84 Å². The molecule has 0 spiro atoms. The lowest BCUT2D eigenvalue weighted by Gasteiger charge is -2.05. The molecule has 1 aromatic rings. The van der Waals surface area contributed by atoms with E-state index in [0.29, 0.717) is 18.6 Å². The molecule has 0 amide bonds. The van der Waals surface area contributed by atoms with Gasteiger partial charge in [-0.15, -0.1) is 0 Å². The maximum Gasteiger partial charge on any atom is 0.311 e. The third-order valence-corrected chi connectivity index (χ3v) is 14.5. The molecule has 4 heteroatoms. The van der Waals surface area contributed by atoms with Crippen LogP contribution in [0.4, 0.5) is 0 Å². The topological polar surface area (TPSA) is 63.6 Å². The molecule has 1 aromatic carbocycles. The molecule has 0 aliphatic carbocycles. The van der Waals surface area contributed by atoms with Crippen LogP contribution >= 0.6 is 0 Å². The average molecular weight is 924 g/mol. The second-order valence-electron chi connectivity index (χ2n) is 21.1. The number of ether oxygens (including phenoxy) is 1. The van der Waals surface area contributed by atoms with E-state index in [0.717, 1.165) is 25.7 Å². The van der Waals surface area contributed by atoms with Crippen molar-refractivity contribution in [3.05, 3.63) is 30.3 Å². The van der Waals surface area contributed by atoms with Crippen LogP contribution in [0.25, 0.3) is 0 Å². The molecular formula is C62H114O4. The van der Waals surface area contributed by atoms with Gasteiger partial charge in [0, 0.05) is 12.8 Å². The highest BCUT2D eigenvalue weighted by molar-refractivity contribution is 5.72. The van der Waals surface area contributed by atoms with Crippen LogP contribution in [0.3, 0.4) is 0 Å². The summed E-state index contributed by atoms with van der Waals surface area (Å²) in [4.78, 5) is 22.4. The third kappa shape index (κ3) is 51.5. The second kappa shape index (κ2) is 54.1. The van der Waals surface area contributed by atoms with E-state index < -0.39 is 5.97 Å². The minimum Gasteiger partial charge on any atom is -0.481 e. The van der Waals surface area contributed by atoms with Gasteiger partial charge < -0.3 is 9.84 Å². The first-order chi connectivity index (χ1) is 32.7. The highest BCUT2D eigenvalue weighted by Crippen LogP contribution is 2.20. The Balaban J connectivity index is 1.60. The smallest absolute Gasteiger partial charge is 0.311 e. The van der Waals surface area contributed by atoms with Gasteiger partial charge in [0.05, 0.1) is 0 Å². The molecule has 0 unspecified atom stereocenters. The van der Waals surface area contributed by atoms with Crippen LogP contribution < -0.4 is 4.74 Å². The van der Waals surface area contributed by atoms with Crippen LogP contribution in [0, 0.1) is 0 Å². The molecule has 0 aliphatic heterocycles. The number of rotatable bonds is 56. The second-order valence-corrected chi connectivity index (χ2v) is 21.1. The van der Waals surface area contributed by atoms with Gasteiger partial charge in [-0.1, -0.05) is 339 Å². The fourth-order valence-electron chi connectivity index (χ4n) is 10.1. The van der Waals surface area contributed by atoms with Crippen LogP contribution in [-0.2, 0) is 9.59 Å². The molecule has 1 rings (SSSR count). The van der Waals surface area contributed by atoms with Crippen LogP contribution in [0.1, 0.15) is 347 Å². The monoisotopic (exact) mass is 923 g/mol. The van der Waals surface area contributed by atoms with Gasteiger partial charge >= 0.3 is 11.9 Å². The number of unbranched alkanes of at least 4 members (excludes halogenated alkanes) is 51. The highest BCUT2D eigenvalue weighted by Gasteiger charge is 2.05. The van der Waals surface area contributed by atoms with Crippen molar-refractivity contribution < 1.29 is 19.4 Å². The summed E-state index contributed by atoms with van der Waals surface area (Å²) in [6.45, 7) is 0. The molecule has 0 aliphatic rings. The van der Waals surface area contributed by atoms with Crippen LogP contribution in [0.15, 0.2) is 30.3 Å². The number of carboxylic acids is 1. The Hall–Kier alpha value is -1.84. The Kier molecular flexibility index (Phi) is 51.0. The van der Waals surface area contributed by atoms with E-state index in [-0.39, 0.29) is 5.97 Å². The summed E-state index contributed by atoms with van der Waals surface area (Å²) in [5, 5.41) is 8.68. The van der Waals surface area contributed by atoms with Gasteiger partial charge in [0.25, 0.3) is 0 Å². The van der Waals surface area contributed by atoms with E-state index in [2.05, 4.69) is 0 Å². The van der Waals surface area contributed by atoms with E-state index in [9.17, 15) is 9.59 Å². The van der Waals surface area contributed by atoms with Crippen molar-refractivity contribution in [3.8, 4) is 5.75 Å². The van der Waals surface area contributed by atoms with Gasteiger partial charge in [-0.05, 0) is 25.0 Å². The summed E-state index contributed by atoms with van der Waals surface area (Å²) in [5.41, 5.74) is 0. The zero-order chi connectivity index (χ0) is 47.2. The maximum atomic E-state index is 11.9. The lowest BCUT2D eigenvalue weighted by molar-refractivity contribution is -0.137. The van der Waals surface area contributed by atoms with E-state index in [1.165, 1.54) is 308 Å². The van der Waals surface area contributed by atoms with Gasteiger partial charge in [0.1, 0.15) is 5.75 Å². The summed E-state index contributed by atoms with van der Waals surface area (Å²) in [5.74, 6) is -0.0942. The first kappa shape index (κ1) is 62.2. The Morgan fingerprint density at radius 1 is 0.258 bits per heavy atom. The Morgan fingerprint density at radius 2 is 0.424 bits per heavy atom. The van der Waals surface area contributed by atoms with E-state index in [1.54, 1.807) is 0 Å². The molecule has 0 bridgehead atoms. The zero-order valence-corrected chi connectivity index (χ0v) is 44.2. The zero-order valence-electron chi connectivity index (χ0n) is 44.2. The molecule has 0 saturated heterocycles. The Morgan fingerprint density at radius 3 is 0.606 bits per heavy atom. The number of aliphatic carboxylic acids is 1. The summed E-state index contributed by atoms with van der Waals surface area (Å²) in [6, 6.07) is 9.40. The normalized spacial score (nSPS) is 11.5. The predicted molar refractivity (Wildman–Crippen MR) is 289 cm³/mol. The number of carbonyl (C=O) groups is 2. The van der Waals surface area contributed by atoms with E-state index in [1.807, 2.05) is 30.3 Å². The molecule has 0 aromatic heterocycles. The summed E-state index contributed by atoms with van der Waals surface area (Å²) in [6.07, 6.45) is 73.7. The first-order valence-electron chi connectivity index (χ1n) is 30.2. The maximum absolute atomic E-state index is 11.9. The van der Waals surface area contributed by atoms with Crippen molar-refractivity contribution in [2.75, 3.05) is 0 Å². The van der Waals surface area contributed by atoms with Crippen LogP contribution in [0.5, 0.6) is 5.75 Å². The number of benzene rings is 1. The van der Waals surface area contributed by atoms with Crippen molar-refractivity contribution in [1.82, 2.24) is 0 Å². The number of hydrogen-bond donors (Lipinski definition) is 1. The molecule has 1 N–H and O–H groups in total. The van der Waals surface area contributed by atoms with Gasteiger partial charge in [-0.2, -0.15) is 0 Å². The SMILES string of the molecule is O=C(O)CCCCCCCCCCCCCCCCCCCCCCCCCCCCCCCCCCCCCCCCCCCCCCCCCCCCCCC(=O)Oc1ccccc1. The largest absolute Gasteiger partial charge is 0.481 e. The summed E-state index contributed by atoms with van der Waals surface area (Å²) >= 11 is 0. The van der Waals surface area contributed by atoms with Crippen molar-refractivity contribution in [2.24, 2.45) is 0 Å². The quantitative estimate of drug-likeness (QED) is 0.0402. The third-order valence-electron chi connectivity index (χ3n) is 14.5. The van der Waals surface area contributed by atoms with Crippen molar-refractivity contribution in [2.45, 2.75) is 347 Å². The highest BCUT2D eigenvalue weighted by atomic mass is 16.5. The number of esters is 1. The van der Waals surface area contributed by atoms with Crippen LogP contribution in [0.2, 0.25) is 0 Å². The number of para-hydroxylation sites is 1. The van der Waals surface area contributed by atoms with Gasteiger partial charge in [0.2, 0.25) is 0 Å². The number of carbonyl (C=O) groups excluding carboxylic acids is 1. The molecule has 0 fully saturated rings. The minimum atomic E-state index is -0.648. The van der Waals surface area contributed by atoms with Gasteiger partial charge in [0.15, 0.2) is 0 Å². The molecule has 0 atom stereocenters. The lowest BCUT2D eigenvalue weighted by atomic mass is 10.0. The average Bonchev–Trinajstić information content (AvgIpc) is 3.32. The summed E-state index contributed by atoms with van der Waals surface area (Å²) < 4.78 is 5.36. The first-order valence-corrected chi connectivity index (χ1v) is 30.2. The molecule has 4 nitrogen and oxygen atoms in total. The molecule has 0 radical (unpaired) electrons. The fourth-order valence-corrected chi connectivity index (χ4v) is 10.1. The van der Waals surface area contributed by atoms with Crippen LogP contribution in [-0.4, -0.2) is 17.0 Å². The van der Waals surface area contributed by atoms with Crippen molar-refractivity contribution >= 4 is 11.9 Å². The molecular weight excluding hydrogens is 809 g/mol. The lowest BCUT2D eigenvalue weighted by Crippen LogP contribution is -2.07. The molecule has 386 valence electrons. The predicted octanol–water partition coefficient (Wildman–Crippen LogP) is 21.7. The van der Waals surface area contributed by atoms with Gasteiger partial charge in [-0.3, -0.25) is 9.59 Å². The van der Waals surface area contributed by atoms with Crippen molar-refractivity contribution in [3.63, 3.8) is 0 Å².